The molecule has 0 unspecified atom stereocenters. The molecule has 3 heteroatoms. The topological polar surface area (TPSA) is 21.6 Å². The largest absolute Gasteiger partial charge is 0.478 e. The third-order valence-corrected chi connectivity index (χ3v) is 8.87. The van der Waals surface area contributed by atoms with Crippen molar-refractivity contribution in [2.24, 2.45) is 15.8 Å². The molecule has 1 aliphatic rings. The Kier molecular flexibility index (Phi) is 6.01. The van der Waals surface area contributed by atoms with Crippen molar-refractivity contribution >= 4 is 24.4 Å². The van der Waals surface area contributed by atoms with Crippen LogP contribution < -0.4 is 10.6 Å². The molecule has 0 fully saturated rings. The highest BCUT2D eigenvalue weighted by molar-refractivity contribution is 7.73. The van der Waals surface area contributed by atoms with Gasteiger partial charge >= 0.3 is 0 Å². The number of rotatable bonds is 5. The first-order chi connectivity index (χ1) is 13.1. The second-order valence-corrected chi connectivity index (χ2v) is 11.8. The van der Waals surface area contributed by atoms with Crippen molar-refractivity contribution in [1.82, 2.24) is 0 Å². The Labute approximate surface area is 172 Å². The molecule has 3 rings (SSSR count). The first-order valence-corrected chi connectivity index (χ1v) is 11.7. The summed E-state index contributed by atoms with van der Waals surface area (Å²) in [6, 6.07) is 17.9. The summed E-state index contributed by atoms with van der Waals surface area (Å²) in [6.07, 6.45) is 1.04. The van der Waals surface area contributed by atoms with Crippen LogP contribution in [0.1, 0.15) is 45.7 Å². The fraction of sp³-hybridized carbons (Fsp3) is 0.480. The predicted octanol–water partition coefficient (Wildman–Crippen LogP) is 5.61. The summed E-state index contributed by atoms with van der Waals surface area (Å²) in [6.45, 7) is 16.5. The molecule has 0 saturated heterocycles. The maximum Gasteiger partial charge on any atom is 0.189 e. The number of benzene rings is 2. The van der Waals surface area contributed by atoms with Gasteiger partial charge in [-0.3, -0.25) is 0 Å². The monoisotopic (exact) mass is 395 g/mol. The first-order valence-electron chi connectivity index (χ1n) is 10.2. The van der Waals surface area contributed by atoms with E-state index in [1.807, 2.05) is 0 Å². The highest BCUT2D eigenvalue weighted by Crippen LogP contribution is 2.44. The van der Waals surface area contributed by atoms with Crippen molar-refractivity contribution in [2.75, 3.05) is 12.8 Å². The van der Waals surface area contributed by atoms with Crippen molar-refractivity contribution in [1.29, 1.82) is 0 Å². The van der Waals surface area contributed by atoms with Crippen LogP contribution >= 0.6 is 7.92 Å². The van der Waals surface area contributed by atoms with Crippen LogP contribution in [-0.4, -0.2) is 24.7 Å². The molecule has 1 heterocycles. The second-order valence-electron chi connectivity index (χ2n) is 9.67. The van der Waals surface area contributed by atoms with Gasteiger partial charge in [0.25, 0.3) is 0 Å². The molecule has 1 aliphatic heterocycles. The standard InChI is InChI=1S/C25H34NOP/c1-18-12-8-10-14-20(18)28(21-15-11-9-13-19(21)2)17-25(6,7)23-26-22(16-27-23)24(3,4)5/h8-15,22H,16-17H2,1-7H3/t22-/m0/s1. The van der Waals surface area contributed by atoms with Gasteiger partial charge in [0.1, 0.15) is 6.61 Å². The van der Waals surface area contributed by atoms with Crippen molar-refractivity contribution in [3.63, 3.8) is 0 Å². The van der Waals surface area contributed by atoms with Crippen LogP contribution in [0.2, 0.25) is 0 Å². The molecule has 1 atom stereocenters. The average molecular weight is 396 g/mol. The smallest absolute Gasteiger partial charge is 0.189 e. The van der Waals surface area contributed by atoms with Crippen LogP contribution in [0.3, 0.4) is 0 Å². The van der Waals surface area contributed by atoms with E-state index in [0.717, 1.165) is 12.1 Å². The summed E-state index contributed by atoms with van der Waals surface area (Å²) in [4.78, 5) is 5.02. The van der Waals surface area contributed by atoms with Crippen LogP contribution in [0.5, 0.6) is 0 Å². The van der Waals surface area contributed by atoms with Crippen molar-refractivity contribution < 1.29 is 4.74 Å². The molecule has 0 amide bonds. The molecular weight excluding hydrogens is 361 g/mol. The predicted molar refractivity (Wildman–Crippen MR) is 124 cm³/mol. The van der Waals surface area contributed by atoms with E-state index in [-0.39, 0.29) is 16.9 Å². The Morgan fingerprint density at radius 1 is 0.893 bits per heavy atom. The van der Waals surface area contributed by atoms with E-state index in [1.165, 1.54) is 21.7 Å². The lowest BCUT2D eigenvalue weighted by Gasteiger charge is -2.31. The van der Waals surface area contributed by atoms with E-state index < -0.39 is 7.92 Å². The lowest BCUT2D eigenvalue weighted by molar-refractivity contribution is 0.223. The summed E-state index contributed by atoms with van der Waals surface area (Å²) < 4.78 is 6.15. The molecule has 0 radical (unpaired) electrons. The summed E-state index contributed by atoms with van der Waals surface area (Å²) in [5, 5.41) is 2.93. The highest BCUT2D eigenvalue weighted by Gasteiger charge is 2.39. The Morgan fingerprint density at radius 2 is 1.39 bits per heavy atom. The minimum Gasteiger partial charge on any atom is -0.478 e. The lowest BCUT2D eigenvalue weighted by atomic mass is 9.88. The fourth-order valence-electron chi connectivity index (χ4n) is 3.68. The number of ether oxygens (including phenoxy) is 1. The molecule has 150 valence electrons. The average Bonchev–Trinajstić information content (AvgIpc) is 3.13. The van der Waals surface area contributed by atoms with Crippen LogP contribution in [0.15, 0.2) is 53.5 Å². The van der Waals surface area contributed by atoms with Crippen LogP contribution in [-0.2, 0) is 4.74 Å². The first kappa shape index (κ1) is 21.1. The maximum absolute atomic E-state index is 6.15. The molecular formula is C25H34NOP. The lowest BCUT2D eigenvalue weighted by Crippen LogP contribution is -2.32. The zero-order valence-electron chi connectivity index (χ0n) is 18.4. The molecule has 2 aromatic carbocycles. The van der Waals surface area contributed by atoms with E-state index in [0.29, 0.717) is 6.61 Å². The van der Waals surface area contributed by atoms with Crippen molar-refractivity contribution in [2.45, 2.75) is 54.5 Å². The summed E-state index contributed by atoms with van der Waals surface area (Å²) in [5.41, 5.74) is 2.77. The van der Waals surface area contributed by atoms with Gasteiger partial charge in [0.2, 0.25) is 0 Å². The van der Waals surface area contributed by atoms with Crippen LogP contribution in [0.25, 0.3) is 0 Å². The summed E-state index contributed by atoms with van der Waals surface area (Å²) in [5.74, 6) is 0.932. The molecule has 0 N–H and O–H groups in total. The minimum absolute atomic E-state index is 0.101. The van der Waals surface area contributed by atoms with Gasteiger partial charge in [-0.05, 0) is 55.1 Å². The third kappa shape index (κ3) is 4.49. The van der Waals surface area contributed by atoms with Gasteiger partial charge < -0.3 is 4.74 Å². The number of hydrogen-bond acceptors (Lipinski definition) is 2. The molecule has 2 aromatic rings. The molecule has 0 aromatic heterocycles. The molecule has 28 heavy (non-hydrogen) atoms. The number of aryl methyl sites for hydroxylation is 2. The Bertz CT molecular complexity index is 817. The van der Waals surface area contributed by atoms with Crippen LogP contribution in [0.4, 0.5) is 0 Å². The molecule has 0 spiro atoms. The number of aliphatic imine (C=N–C) groups is 1. The van der Waals surface area contributed by atoms with Gasteiger partial charge in [-0.15, -0.1) is 0 Å². The number of hydrogen-bond donors (Lipinski definition) is 0. The SMILES string of the molecule is Cc1ccccc1P(CC(C)(C)C1=N[C@H](C(C)(C)C)CO1)c1ccccc1C. The van der Waals surface area contributed by atoms with E-state index in [9.17, 15) is 0 Å². The quantitative estimate of drug-likeness (QED) is 0.604. The molecule has 0 saturated carbocycles. The third-order valence-electron chi connectivity index (χ3n) is 5.60. The van der Waals surface area contributed by atoms with Crippen molar-refractivity contribution in [3.05, 3.63) is 59.7 Å². The second kappa shape index (κ2) is 7.99. The van der Waals surface area contributed by atoms with Gasteiger partial charge in [-0.1, -0.05) is 83.1 Å². The van der Waals surface area contributed by atoms with Gasteiger partial charge in [0.05, 0.1) is 6.04 Å². The van der Waals surface area contributed by atoms with Gasteiger partial charge in [-0.25, -0.2) is 4.99 Å². The van der Waals surface area contributed by atoms with Gasteiger partial charge in [0.15, 0.2) is 5.90 Å². The normalized spacial score (nSPS) is 17.6. The zero-order valence-corrected chi connectivity index (χ0v) is 19.3. The Balaban J connectivity index is 1.98. The van der Waals surface area contributed by atoms with E-state index >= 15 is 0 Å². The number of nitrogens with zero attached hydrogens (tertiary/aromatic N) is 1. The van der Waals surface area contributed by atoms with E-state index in [2.05, 4.69) is 97.0 Å². The van der Waals surface area contributed by atoms with Crippen molar-refractivity contribution in [3.8, 4) is 0 Å². The highest BCUT2D eigenvalue weighted by atomic mass is 31.1. The van der Waals surface area contributed by atoms with E-state index in [1.54, 1.807) is 0 Å². The summed E-state index contributed by atoms with van der Waals surface area (Å²) >= 11 is 0. The molecule has 0 aliphatic carbocycles. The fourth-order valence-corrected chi connectivity index (χ4v) is 6.74. The van der Waals surface area contributed by atoms with Crippen LogP contribution in [0, 0.1) is 24.7 Å². The van der Waals surface area contributed by atoms with Gasteiger partial charge in [-0.2, -0.15) is 0 Å². The maximum atomic E-state index is 6.15. The minimum atomic E-state index is -0.500. The summed E-state index contributed by atoms with van der Waals surface area (Å²) in [7, 11) is -0.500. The zero-order chi connectivity index (χ0) is 20.5. The Morgan fingerprint density at radius 3 is 1.82 bits per heavy atom. The van der Waals surface area contributed by atoms with E-state index in [4.69, 9.17) is 9.73 Å². The van der Waals surface area contributed by atoms with Gasteiger partial charge in [0, 0.05) is 5.41 Å². The molecule has 0 bridgehead atoms. The molecule has 2 nitrogen and oxygen atoms in total. The Hall–Kier alpha value is -1.66.